The van der Waals surface area contributed by atoms with E-state index in [0.29, 0.717) is 5.82 Å². The molecule has 35 heavy (non-hydrogen) atoms. The molecule has 4 aromatic rings. The lowest BCUT2D eigenvalue weighted by atomic mass is 10.0. The van der Waals surface area contributed by atoms with E-state index in [1.54, 1.807) is 13.0 Å². The minimum absolute atomic E-state index is 0.000961. The van der Waals surface area contributed by atoms with Gasteiger partial charge >= 0.3 is 5.97 Å². The minimum atomic E-state index is -0.770. The highest BCUT2D eigenvalue weighted by atomic mass is 16.6. The zero-order valence-electron chi connectivity index (χ0n) is 19.7. The van der Waals surface area contributed by atoms with Crippen LogP contribution in [-0.2, 0) is 4.74 Å². The van der Waals surface area contributed by atoms with Gasteiger partial charge in [-0.2, -0.15) is 9.78 Å². The Hall–Kier alpha value is -4.60. The number of ether oxygens (including phenoxy) is 1. The van der Waals surface area contributed by atoms with Crippen LogP contribution in [0.4, 0.5) is 11.5 Å². The van der Waals surface area contributed by atoms with Gasteiger partial charge in [-0.15, -0.1) is 0 Å². The molecule has 0 aliphatic rings. The van der Waals surface area contributed by atoms with Crippen LogP contribution < -0.4 is 5.32 Å². The van der Waals surface area contributed by atoms with E-state index in [4.69, 9.17) is 9.72 Å². The highest BCUT2D eigenvalue weighted by Gasteiger charge is 2.26. The van der Waals surface area contributed by atoms with Crippen molar-refractivity contribution in [2.75, 3.05) is 11.9 Å². The molecule has 1 N–H and O–H groups in total. The fraction of sp³-hybridized carbons (Fsp3) is 0.200. The van der Waals surface area contributed by atoms with E-state index in [9.17, 15) is 19.7 Å². The van der Waals surface area contributed by atoms with Gasteiger partial charge in [-0.3, -0.25) is 14.9 Å². The van der Waals surface area contributed by atoms with E-state index in [1.165, 1.54) is 35.1 Å². The number of pyridine rings is 1. The molecule has 0 aliphatic heterocycles. The molecule has 0 bridgehead atoms. The zero-order chi connectivity index (χ0) is 25.3. The Balaban J connectivity index is 1.87. The van der Waals surface area contributed by atoms with Crippen LogP contribution in [0.15, 0.2) is 48.7 Å². The van der Waals surface area contributed by atoms with Gasteiger partial charge in [-0.1, -0.05) is 23.8 Å². The smallest absolute Gasteiger partial charge is 0.343 e. The first-order valence-electron chi connectivity index (χ1n) is 10.9. The number of nitro benzene ring substituents is 1. The molecule has 2 heterocycles. The first-order valence-corrected chi connectivity index (χ1v) is 10.9. The number of rotatable bonds is 6. The van der Waals surface area contributed by atoms with Crippen LogP contribution in [0.5, 0.6) is 0 Å². The lowest BCUT2D eigenvalue weighted by Gasteiger charge is -2.13. The van der Waals surface area contributed by atoms with Crippen LogP contribution in [0.25, 0.3) is 16.7 Å². The third-order valence-corrected chi connectivity index (χ3v) is 5.50. The molecule has 2 aromatic heterocycles. The van der Waals surface area contributed by atoms with Crippen molar-refractivity contribution in [3.05, 3.63) is 86.6 Å². The maximum absolute atomic E-state index is 13.1. The lowest BCUT2D eigenvalue weighted by molar-refractivity contribution is -0.385. The van der Waals surface area contributed by atoms with Crippen LogP contribution >= 0.6 is 0 Å². The predicted octanol–water partition coefficient (Wildman–Crippen LogP) is 4.68. The molecule has 0 fully saturated rings. The lowest BCUT2D eigenvalue weighted by Crippen LogP contribution is -2.19. The molecule has 0 aliphatic carbocycles. The first kappa shape index (κ1) is 23.6. The van der Waals surface area contributed by atoms with Crippen molar-refractivity contribution in [3.63, 3.8) is 0 Å². The van der Waals surface area contributed by atoms with Crippen LogP contribution in [0.1, 0.15) is 44.3 Å². The number of hydrogen-bond donors (Lipinski definition) is 1. The molecule has 0 radical (unpaired) electrons. The second kappa shape index (κ2) is 9.34. The summed E-state index contributed by atoms with van der Waals surface area (Å²) in [6, 6.07) is 11.4. The molecule has 0 unspecified atom stereocenters. The van der Waals surface area contributed by atoms with Crippen LogP contribution in [-0.4, -0.2) is 38.2 Å². The molecular weight excluding hydrogens is 450 g/mol. The predicted molar refractivity (Wildman–Crippen MR) is 130 cm³/mol. The number of nitrogens with zero attached hydrogens (tertiary/aromatic N) is 4. The monoisotopic (exact) mass is 473 g/mol. The Kier molecular flexibility index (Phi) is 6.28. The van der Waals surface area contributed by atoms with Gasteiger partial charge in [0.15, 0.2) is 11.6 Å². The fourth-order valence-corrected chi connectivity index (χ4v) is 3.94. The number of benzene rings is 2. The second-order valence-corrected chi connectivity index (χ2v) is 8.04. The van der Waals surface area contributed by atoms with E-state index in [-0.39, 0.29) is 29.2 Å². The van der Waals surface area contributed by atoms with Gasteiger partial charge in [0.2, 0.25) is 0 Å². The first-order chi connectivity index (χ1) is 16.7. The van der Waals surface area contributed by atoms with Crippen molar-refractivity contribution in [1.82, 2.24) is 14.8 Å². The van der Waals surface area contributed by atoms with Gasteiger partial charge in [0.25, 0.3) is 11.6 Å². The number of aryl methyl sites for hydroxylation is 3. The summed E-state index contributed by atoms with van der Waals surface area (Å²) in [5, 5.41) is 19.3. The zero-order valence-corrected chi connectivity index (χ0v) is 19.7. The van der Waals surface area contributed by atoms with Crippen LogP contribution in [0, 0.1) is 30.9 Å². The molecule has 10 heteroatoms. The van der Waals surface area contributed by atoms with Crippen LogP contribution in [0.3, 0.4) is 0 Å². The van der Waals surface area contributed by atoms with E-state index >= 15 is 0 Å². The number of nitro groups is 1. The number of hydrogen-bond acceptors (Lipinski definition) is 7. The summed E-state index contributed by atoms with van der Waals surface area (Å²) >= 11 is 0. The van der Waals surface area contributed by atoms with E-state index < -0.39 is 16.8 Å². The van der Waals surface area contributed by atoms with Gasteiger partial charge in [0.05, 0.1) is 23.2 Å². The van der Waals surface area contributed by atoms with E-state index in [0.717, 1.165) is 27.6 Å². The van der Waals surface area contributed by atoms with Crippen molar-refractivity contribution in [2.24, 2.45) is 0 Å². The second-order valence-electron chi connectivity index (χ2n) is 8.04. The number of esters is 1. The molecule has 1 amide bonds. The molecule has 0 saturated heterocycles. The van der Waals surface area contributed by atoms with Crippen molar-refractivity contribution >= 4 is 34.3 Å². The van der Waals surface area contributed by atoms with Gasteiger partial charge in [-0.05, 0) is 57.0 Å². The summed E-state index contributed by atoms with van der Waals surface area (Å²) in [7, 11) is 0. The Morgan fingerprint density at radius 3 is 2.54 bits per heavy atom. The SMILES string of the molecule is CCOC(=O)c1cnn(-c2cc(C)c3cc(C)cc(C)c3n2)c1NC(=O)c1ccccc1[N+](=O)[O-]. The number of aromatic nitrogens is 3. The number of anilines is 1. The summed E-state index contributed by atoms with van der Waals surface area (Å²) in [6.45, 7) is 7.68. The largest absolute Gasteiger partial charge is 0.462 e. The third kappa shape index (κ3) is 4.45. The number of para-hydroxylation sites is 1. The maximum Gasteiger partial charge on any atom is 0.343 e. The van der Waals surface area contributed by atoms with Crippen molar-refractivity contribution in [1.29, 1.82) is 0 Å². The normalized spacial score (nSPS) is 10.9. The molecule has 0 atom stereocenters. The summed E-state index contributed by atoms with van der Waals surface area (Å²) in [4.78, 5) is 41.2. The quantitative estimate of drug-likeness (QED) is 0.244. The molecule has 2 aromatic carbocycles. The Bertz CT molecular complexity index is 1490. The van der Waals surface area contributed by atoms with Crippen molar-refractivity contribution in [3.8, 4) is 5.82 Å². The standard InChI is InChI=1S/C25H23N5O5/c1-5-35-25(32)19-13-26-29(21-12-15(3)18-11-14(2)10-16(4)22(18)27-21)23(19)28-24(31)17-8-6-7-9-20(17)30(33)34/h6-13H,5H2,1-4H3,(H,28,31). The van der Waals surface area contributed by atoms with E-state index in [2.05, 4.69) is 10.4 Å². The number of carbonyl (C=O) groups excluding carboxylic acids is 2. The Morgan fingerprint density at radius 2 is 1.83 bits per heavy atom. The summed E-state index contributed by atoms with van der Waals surface area (Å²) in [5.74, 6) is -1.09. The number of nitrogens with one attached hydrogen (secondary N) is 1. The summed E-state index contributed by atoms with van der Waals surface area (Å²) < 4.78 is 6.45. The third-order valence-electron chi connectivity index (χ3n) is 5.50. The van der Waals surface area contributed by atoms with Gasteiger partial charge < -0.3 is 10.1 Å². The molecule has 10 nitrogen and oxygen atoms in total. The molecular formula is C25H23N5O5. The highest BCUT2D eigenvalue weighted by Crippen LogP contribution is 2.28. The van der Waals surface area contributed by atoms with Gasteiger partial charge in [0.1, 0.15) is 11.1 Å². The summed E-state index contributed by atoms with van der Waals surface area (Å²) in [5.41, 5.74) is 3.24. The molecule has 178 valence electrons. The van der Waals surface area contributed by atoms with Crippen molar-refractivity contribution in [2.45, 2.75) is 27.7 Å². The maximum atomic E-state index is 13.1. The Labute approximate surface area is 200 Å². The number of carbonyl (C=O) groups is 2. The van der Waals surface area contributed by atoms with E-state index in [1.807, 2.05) is 32.9 Å². The van der Waals surface area contributed by atoms with Crippen LogP contribution in [0.2, 0.25) is 0 Å². The van der Waals surface area contributed by atoms with Gasteiger partial charge in [0, 0.05) is 11.5 Å². The molecule has 0 spiro atoms. The summed E-state index contributed by atoms with van der Waals surface area (Å²) in [6.07, 6.45) is 1.27. The molecule has 0 saturated carbocycles. The number of amides is 1. The average Bonchev–Trinajstić information content (AvgIpc) is 3.23. The highest BCUT2D eigenvalue weighted by molar-refractivity contribution is 6.09. The topological polar surface area (TPSA) is 129 Å². The van der Waals surface area contributed by atoms with Gasteiger partial charge in [-0.25, -0.2) is 9.78 Å². The average molecular weight is 473 g/mol. The van der Waals surface area contributed by atoms with Crippen molar-refractivity contribution < 1.29 is 19.2 Å². The molecule has 4 rings (SSSR count). The fourth-order valence-electron chi connectivity index (χ4n) is 3.94. The number of fused-ring (bicyclic) bond motifs is 1. The Morgan fingerprint density at radius 1 is 1.09 bits per heavy atom. The minimum Gasteiger partial charge on any atom is -0.462 e.